The van der Waals surface area contributed by atoms with E-state index in [0.717, 1.165) is 37.7 Å². The summed E-state index contributed by atoms with van der Waals surface area (Å²) in [6.07, 6.45) is -0.215. The molecule has 31 heavy (non-hydrogen) atoms. The van der Waals surface area contributed by atoms with E-state index in [1.54, 1.807) is 13.0 Å². The first-order valence-electron chi connectivity index (χ1n) is 11.1. The van der Waals surface area contributed by atoms with Crippen molar-refractivity contribution in [3.63, 3.8) is 0 Å². The Kier molecular flexibility index (Phi) is 5.63. The third-order valence-electron chi connectivity index (χ3n) is 8.97. The molecule has 4 nitrogen and oxygen atoms in total. The first-order chi connectivity index (χ1) is 14.4. The number of halogens is 3. The molecule has 0 spiro atoms. The number of hydrogen-bond donors (Lipinski definition) is 1. The molecule has 172 valence electrons. The molecule has 0 saturated heterocycles. The molecule has 0 aliphatic heterocycles. The second kappa shape index (κ2) is 7.63. The van der Waals surface area contributed by atoms with E-state index in [0.29, 0.717) is 12.3 Å². The molecule has 0 radical (unpaired) electrons. The Morgan fingerprint density at radius 3 is 2.52 bits per heavy atom. The molecule has 0 aromatic rings. The fraction of sp³-hybridized carbons (Fsp3) is 0.783. The summed E-state index contributed by atoms with van der Waals surface area (Å²) >= 11 is 4.57. The van der Waals surface area contributed by atoms with E-state index in [1.807, 2.05) is 0 Å². The standard InChI is InChI=1S/C23H29F3O4S/c1-12(27)16-5-6-17-15-4-3-13-9-14(28)10-19(30-20(29)23(24,25)26)22(13,11-31)18(15)7-8-21(16,17)2/h9,15-19,31H,3-8,10-11H2,1-2H3/t15-,16+,17-,18-,19?,21+,22-/m0/s1. The number of rotatable bonds is 3. The molecule has 0 bridgehead atoms. The van der Waals surface area contributed by atoms with E-state index in [9.17, 15) is 27.6 Å². The van der Waals surface area contributed by atoms with E-state index in [1.165, 1.54) is 0 Å². The average molecular weight is 459 g/mol. The minimum Gasteiger partial charge on any atom is -0.454 e. The number of ketones is 2. The quantitative estimate of drug-likeness (QED) is 0.491. The molecule has 0 amide bonds. The average Bonchev–Trinajstić information content (AvgIpc) is 3.04. The fourth-order valence-electron chi connectivity index (χ4n) is 7.72. The number of carbonyl (C=O) groups excluding carboxylic acids is 3. The molecule has 0 aromatic heterocycles. The zero-order valence-corrected chi connectivity index (χ0v) is 18.7. The summed E-state index contributed by atoms with van der Waals surface area (Å²) in [7, 11) is 0. The number of Topliss-reactive ketones (excluding diaryl/α,β-unsaturated/α-hetero) is 1. The molecule has 1 unspecified atom stereocenters. The molecule has 4 rings (SSSR count). The highest BCUT2D eigenvalue weighted by Gasteiger charge is 2.63. The topological polar surface area (TPSA) is 60.4 Å². The normalized spacial score (nSPS) is 42.2. The SMILES string of the molecule is CC(=O)[C@H]1CC[C@H]2[C@@H]3CCC4=CC(=O)CC(OC(=O)C(F)(F)F)[C@]4(CS)[C@H]3CC[C@]12C. The molecule has 7 atom stereocenters. The third kappa shape index (κ3) is 3.39. The van der Waals surface area contributed by atoms with Crippen LogP contribution < -0.4 is 0 Å². The Labute approximate surface area is 185 Å². The molecule has 3 fully saturated rings. The van der Waals surface area contributed by atoms with Crippen LogP contribution in [0.4, 0.5) is 13.2 Å². The molecule has 0 aromatic carbocycles. The summed E-state index contributed by atoms with van der Waals surface area (Å²) < 4.78 is 44.0. The zero-order chi connectivity index (χ0) is 22.8. The van der Waals surface area contributed by atoms with E-state index in [-0.39, 0.29) is 46.9 Å². The molecule has 0 N–H and O–H groups in total. The maximum absolute atomic E-state index is 13.0. The van der Waals surface area contributed by atoms with Gasteiger partial charge < -0.3 is 4.74 Å². The lowest BCUT2D eigenvalue weighted by Gasteiger charge is -2.60. The van der Waals surface area contributed by atoms with E-state index >= 15 is 0 Å². The van der Waals surface area contributed by atoms with Crippen LogP contribution in [0.2, 0.25) is 0 Å². The molecule has 3 saturated carbocycles. The van der Waals surface area contributed by atoms with E-state index < -0.39 is 23.7 Å². The number of alkyl halides is 3. The summed E-state index contributed by atoms with van der Waals surface area (Å²) in [5.74, 6) is -1.59. The Balaban J connectivity index is 1.72. The van der Waals surface area contributed by atoms with Gasteiger partial charge in [0.25, 0.3) is 0 Å². The van der Waals surface area contributed by atoms with Gasteiger partial charge in [-0.05, 0) is 74.7 Å². The first kappa shape index (κ1) is 22.9. The van der Waals surface area contributed by atoms with Crippen LogP contribution in [0.1, 0.15) is 58.8 Å². The van der Waals surface area contributed by atoms with Crippen LogP contribution in [0.5, 0.6) is 0 Å². The predicted molar refractivity (Wildman–Crippen MR) is 110 cm³/mol. The Bertz CT molecular complexity index is 837. The summed E-state index contributed by atoms with van der Waals surface area (Å²) in [4.78, 5) is 36.4. The van der Waals surface area contributed by atoms with Gasteiger partial charge in [-0.2, -0.15) is 25.8 Å². The molecular weight excluding hydrogens is 429 g/mol. The molecule has 8 heteroatoms. The minimum atomic E-state index is -5.11. The number of ether oxygens (including phenoxy) is 1. The number of hydrogen-bond acceptors (Lipinski definition) is 5. The van der Waals surface area contributed by atoms with Crippen LogP contribution in [0.25, 0.3) is 0 Å². The van der Waals surface area contributed by atoms with Gasteiger partial charge in [0.15, 0.2) is 5.78 Å². The lowest BCUT2D eigenvalue weighted by Crippen LogP contribution is -2.59. The third-order valence-corrected chi connectivity index (χ3v) is 9.50. The number of carbonyl (C=O) groups is 3. The monoisotopic (exact) mass is 458 g/mol. The fourth-order valence-corrected chi connectivity index (χ4v) is 8.37. The highest BCUT2D eigenvalue weighted by Crippen LogP contribution is 2.67. The van der Waals surface area contributed by atoms with Crippen molar-refractivity contribution >= 4 is 30.2 Å². The molecule has 0 heterocycles. The van der Waals surface area contributed by atoms with Crippen molar-refractivity contribution in [2.45, 2.75) is 71.1 Å². The second-order valence-corrected chi connectivity index (χ2v) is 10.4. The highest BCUT2D eigenvalue weighted by atomic mass is 32.1. The van der Waals surface area contributed by atoms with Crippen molar-refractivity contribution < 1.29 is 32.3 Å². The lowest BCUT2D eigenvalue weighted by atomic mass is 9.46. The predicted octanol–water partition coefficient (Wildman–Crippen LogP) is 4.72. The van der Waals surface area contributed by atoms with Crippen LogP contribution in [0.3, 0.4) is 0 Å². The van der Waals surface area contributed by atoms with Crippen LogP contribution >= 0.6 is 12.6 Å². The van der Waals surface area contributed by atoms with Crippen molar-refractivity contribution in [2.24, 2.45) is 34.5 Å². The van der Waals surface area contributed by atoms with Gasteiger partial charge in [-0.1, -0.05) is 12.5 Å². The highest BCUT2D eigenvalue weighted by molar-refractivity contribution is 7.80. The van der Waals surface area contributed by atoms with Crippen molar-refractivity contribution in [1.29, 1.82) is 0 Å². The van der Waals surface area contributed by atoms with Gasteiger partial charge in [-0.15, -0.1) is 0 Å². The zero-order valence-electron chi connectivity index (χ0n) is 17.8. The van der Waals surface area contributed by atoms with E-state index in [4.69, 9.17) is 4.74 Å². The second-order valence-electron chi connectivity index (χ2n) is 10.1. The van der Waals surface area contributed by atoms with Crippen molar-refractivity contribution in [3.8, 4) is 0 Å². The molecular formula is C23H29F3O4S. The summed E-state index contributed by atoms with van der Waals surface area (Å²) in [6.45, 7) is 3.85. The van der Waals surface area contributed by atoms with Gasteiger partial charge in [-0.25, -0.2) is 4.79 Å². The molecule has 4 aliphatic rings. The van der Waals surface area contributed by atoms with Crippen LogP contribution in [0.15, 0.2) is 11.6 Å². The lowest BCUT2D eigenvalue weighted by molar-refractivity contribution is -0.214. The van der Waals surface area contributed by atoms with Gasteiger partial charge >= 0.3 is 12.1 Å². The number of fused-ring (bicyclic) bond motifs is 5. The maximum atomic E-state index is 13.0. The maximum Gasteiger partial charge on any atom is 0.490 e. The number of thiol groups is 1. The van der Waals surface area contributed by atoms with Gasteiger partial charge in [0.2, 0.25) is 0 Å². The number of esters is 1. The Hall–Kier alpha value is -1.31. The summed E-state index contributed by atoms with van der Waals surface area (Å²) in [5.41, 5.74) is -0.185. The van der Waals surface area contributed by atoms with Crippen molar-refractivity contribution in [1.82, 2.24) is 0 Å². The summed E-state index contributed by atoms with van der Waals surface area (Å²) in [6, 6.07) is 0. The first-order valence-corrected chi connectivity index (χ1v) is 11.7. The van der Waals surface area contributed by atoms with Crippen LogP contribution in [-0.4, -0.2) is 35.6 Å². The van der Waals surface area contributed by atoms with Crippen LogP contribution in [-0.2, 0) is 19.1 Å². The van der Waals surface area contributed by atoms with Gasteiger partial charge in [-0.3, -0.25) is 9.59 Å². The van der Waals surface area contributed by atoms with E-state index in [2.05, 4.69) is 19.6 Å². The van der Waals surface area contributed by atoms with Crippen molar-refractivity contribution in [3.05, 3.63) is 11.6 Å². The molecule has 4 aliphatic carbocycles. The van der Waals surface area contributed by atoms with Gasteiger partial charge in [0, 0.05) is 23.5 Å². The van der Waals surface area contributed by atoms with Crippen molar-refractivity contribution in [2.75, 3.05) is 5.75 Å². The van der Waals surface area contributed by atoms with Gasteiger partial charge in [0.05, 0.1) is 0 Å². The van der Waals surface area contributed by atoms with Gasteiger partial charge in [0.1, 0.15) is 11.9 Å². The Morgan fingerprint density at radius 2 is 1.90 bits per heavy atom. The Morgan fingerprint density at radius 1 is 1.19 bits per heavy atom. The smallest absolute Gasteiger partial charge is 0.454 e. The van der Waals surface area contributed by atoms with Crippen LogP contribution in [0, 0.1) is 34.5 Å². The summed E-state index contributed by atoms with van der Waals surface area (Å²) in [5, 5.41) is 0. The largest absolute Gasteiger partial charge is 0.490 e. The minimum absolute atomic E-state index is 0.0204.